The van der Waals surface area contributed by atoms with Gasteiger partial charge in [0, 0.05) is 11.3 Å². The highest BCUT2D eigenvalue weighted by Gasteiger charge is 2.27. The van der Waals surface area contributed by atoms with Crippen molar-refractivity contribution < 1.29 is 13.2 Å². The van der Waals surface area contributed by atoms with E-state index in [9.17, 15) is 13.2 Å². The fourth-order valence-electron chi connectivity index (χ4n) is 2.81. The normalized spacial score (nSPS) is 12.2. The number of amidine groups is 1. The van der Waals surface area contributed by atoms with Crippen molar-refractivity contribution in [3.63, 3.8) is 0 Å². The molecule has 8 heteroatoms. The molecule has 3 aromatic carbocycles. The number of nitrogens with one attached hydrogen (secondary N) is 3. The van der Waals surface area contributed by atoms with Crippen LogP contribution in [0, 0.1) is 12.3 Å². The van der Waals surface area contributed by atoms with E-state index in [1.165, 1.54) is 12.1 Å². The predicted octanol–water partition coefficient (Wildman–Crippen LogP) is 2.94. The molecule has 0 aliphatic carbocycles. The van der Waals surface area contributed by atoms with Crippen molar-refractivity contribution in [3.8, 4) is 0 Å². The van der Waals surface area contributed by atoms with Gasteiger partial charge in [0.2, 0.25) is 15.9 Å². The van der Waals surface area contributed by atoms with Crippen molar-refractivity contribution in [2.75, 3.05) is 5.32 Å². The number of nitrogens with two attached hydrogens (primary N) is 1. The van der Waals surface area contributed by atoms with Gasteiger partial charge in [-0.1, -0.05) is 48.0 Å². The summed E-state index contributed by atoms with van der Waals surface area (Å²) in [7, 11) is -3.94. The first-order valence-electron chi connectivity index (χ1n) is 9.15. The van der Waals surface area contributed by atoms with Gasteiger partial charge in [0.15, 0.2) is 0 Å². The Morgan fingerprint density at radius 2 is 1.53 bits per heavy atom. The SMILES string of the molecule is Cc1ccc(S(=O)(=O)N[C@@H](C(=O)Nc2ccc(C(=N)N)cc2)c2ccccc2)cc1. The minimum Gasteiger partial charge on any atom is -0.384 e. The molecule has 30 heavy (non-hydrogen) atoms. The van der Waals surface area contributed by atoms with Crippen LogP contribution >= 0.6 is 0 Å². The van der Waals surface area contributed by atoms with E-state index in [1.54, 1.807) is 66.7 Å². The minimum absolute atomic E-state index is 0.0765. The molecule has 5 N–H and O–H groups in total. The Kier molecular flexibility index (Phi) is 6.29. The Labute approximate surface area is 175 Å². The lowest BCUT2D eigenvalue weighted by Gasteiger charge is -2.19. The number of amides is 1. The highest BCUT2D eigenvalue weighted by atomic mass is 32.2. The quantitative estimate of drug-likeness (QED) is 0.345. The summed E-state index contributed by atoms with van der Waals surface area (Å²) in [4.78, 5) is 13.1. The third kappa shape index (κ3) is 5.11. The van der Waals surface area contributed by atoms with Crippen molar-refractivity contribution in [2.45, 2.75) is 17.9 Å². The van der Waals surface area contributed by atoms with E-state index in [0.29, 0.717) is 16.8 Å². The molecule has 7 nitrogen and oxygen atoms in total. The number of rotatable bonds is 7. The molecule has 0 saturated heterocycles. The third-order valence-corrected chi connectivity index (χ3v) is 5.90. The van der Waals surface area contributed by atoms with Crippen molar-refractivity contribution in [2.24, 2.45) is 5.73 Å². The smallest absolute Gasteiger partial charge is 0.247 e. The maximum absolute atomic E-state index is 13.0. The summed E-state index contributed by atoms with van der Waals surface area (Å²) < 4.78 is 28.3. The Morgan fingerprint density at radius 3 is 2.10 bits per heavy atom. The van der Waals surface area contributed by atoms with Gasteiger partial charge in [0.1, 0.15) is 11.9 Å². The number of hydrogen-bond donors (Lipinski definition) is 4. The van der Waals surface area contributed by atoms with Crippen LogP contribution in [0.3, 0.4) is 0 Å². The average molecular weight is 423 g/mol. The van der Waals surface area contributed by atoms with E-state index in [4.69, 9.17) is 11.1 Å². The first-order chi connectivity index (χ1) is 14.3. The maximum Gasteiger partial charge on any atom is 0.247 e. The Bertz CT molecular complexity index is 1140. The van der Waals surface area contributed by atoms with Gasteiger partial charge in [0.25, 0.3) is 0 Å². The molecule has 3 rings (SSSR count). The van der Waals surface area contributed by atoms with E-state index in [1.807, 2.05) is 6.92 Å². The van der Waals surface area contributed by atoms with Gasteiger partial charge in [-0.2, -0.15) is 4.72 Å². The van der Waals surface area contributed by atoms with Crippen molar-refractivity contribution in [1.82, 2.24) is 4.72 Å². The minimum atomic E-state index is -3.94. The van der Waals surface area contributed by atoms with Crippen molar-refractivity contribution in [3.05, 3.63) is 95.6 Å². The molecule has 0 bridgehead atoms. The number of carbonyl (C=O) groups excluding carboxylic acids is 1. The molecule has 0 fully saturated rings. The summed E-state index contributed by atoms with van der Waals surface area (Å²) in [5, 5.41) is 10.1. The van der Waals surface area contributed by atoms with Crippen LogP contribution in [-0.4, -0.2) is 20.2 Å². The molecule has 0 aliphatic rings. The highest BCUT2D eigenvalue weighted by molar-refractivity contribution is 7.89. The summed E-state index contributed by atoms with van der Waals surface area (Å²) >= 11 is 0. The number of benzene rings is 3. The van der Waals surface area contributed by atoms with Gasteiger partial charge in [-0.05, 0) is 48.9 Å². The number of anilines is 1. The van der Waals surface area contributed by atoms with Gasteiger partial charge in [-0.25, -0.2) is 8.42 Å². The second-order valence-corrected chi connectivity index (χ2v) is 8.47. The molecule has 0 unspecified atom stereocenters. The summed E-state index contributed by atoms with van der Waals surface area (Å²) in [5.41, 5.74) is 7.86. The molecule has 0 saturated carbocycles. The van der Waals surface area contributed by atoms with E-state index < -0.39 is 22.0 Å². The summed E-state index contributed by atoms with van der Waals surface area (Å²) in [6, 6.07) is 20.3. The highest BCUT2D eigenvalue weighted by Crippen LogP contribution is 2.20. The molecule has 0 spiro atoms. The monoisotopic (exact) mass is 422 g/mol. The van der Waals surface area contributed by atoms with Crippen LogP contribution < -0.4 is 15.8 Å². The molecule has 1 amide bonds. The molecule has 0 aromatic heterocycles. The Balaban J connectivity index is 1.88. The van der Waals surface area contributed by atoms with E-state index in [2.05, 4.69) is 10.0 Å². The Morgan fingerprint density at radius 1 is 0.933 bits per heavy atom. The average Bonchev–Trinajstić information content (AvgIpc) is 2.73. The summed E-state index contributed by atoms with van der Waals surface area (Å²) in [6.07, 6.45) is 0. The summed E-state index contributed by atoms with van der Waals surface area (Å²) in [6.45, 7) is 1.86. The number of carbonyl (C=O) groups is 1. The lowest BCUT2D eigenvalue weighted by atomic mass is 10.1. The number of nitrogen functional groups attached to an aromatic ring is 1. The zero-order valence-electron chi connectivity index (χ0n) is 16.3. The van der Waals surface area contributed by atoms with Gasteiger partial charge in [-0.15, -0.1) is 0 Å². The lowest BCUT2D eigenvalue weighted by molar-refractivity contribution is -0.117. The molecule has 3 aromatic rings. The van der Waals surface area contributed by atoms with Gasteiger partial charge in [-0.3, -0.25) is 10.2 Å². The fourth-order valence-corrected chi connectivity index (χ4v) is 3.99. The Hall–Kier alpha value is -3.49. The lowest BCUT2D eigenvalue weighted by Crippen LogP contribution is -2.37. The standard InChI is InChI=1S/C22H22N4O3S/c1-15-7-13-19(14-8-15)30(28,29)26-20(16-5-3-2-4-6-16)22(27)25-18-11-9-17(10-12-18)21(23)24/h2-14,20,26H,1H3,(H3,23,24)(H,25,27)/t20-/m1/s1. The van der Waals surface area contributed by atoms with E-state index in [0.717, 1.165) is 5.56 Å². The molecular weight excluding hydrogens is 400 g/mol. The van der Waals surface area contributed by atoms with Crippen LogP contribution in [0.1, 0.15) is 22.7 Å². The van der Waals surface area contributed by atoms with Crippen LogP contribution in [0.5, 0.6) is 0 Å². The largest absolute Gasteiger partial charge is 0.384 e. The van der Waals surface area contributed by atoms with Crippen LogP contribution in [-0.2, 0) is 14.8 Å². The third-order valence-electron chi connectivity index (χ3n) is 4.46. The van der Waals surface area contributed by atoms with Crippen molar-refractivity contribution in [1.29, 1.82) is 5.41 Å². The number of hydrogen-bond acceptors (Lipinski definition) is 4. The number of sulfonamides is 1. The molecule has 0 radical (unpaired) electrons. The van der Waals surface area contributed by atoms with Crippen LogP contribution in [0.2, 0.25) is 0 Å². The molecule has 0 aliphatic heterocycles. The second kappa shape index (κ2) is 8.89. The second-order valence-electron chi connectivity index (χ2n) is 6.76. The molecular formula is C22H22N4O3S. The molecule has 1 atom stereocenters. The van der Waals surface area contributed by atoms with Crippen LogP contribution in [0.4, 0.5) is 5.69 Å². The van der Waals surface area contributed by atoms with Gasteiger partial charge < -0.3 is 11.1 Å². The van der Waals surface area contributed by atoms with Gasteiger partial charge in [0.05, 0.1) is 4.90 Å². The summed E-state index contributed by atoms with van der Waals surface area (Å²) in [5.74, 6) is -0.617. The topological polar surface area (TPSA) is 125 Å². The molecule has 154 valence electrons. The van der Waals surface area contributed by atoms with Crippen LogP contribution in [0.25, 0.3) is 0 Å². The molecule has 0 heterocycles. The predicted molar refractivity (Wildman–Crippen MR) is 117 cm³/mol. The first-order valence-corrected chi connectivity index (χ1v) is 10.6. The first kappa shape index (κ1) is 21.2. The van der Waals surface area contributed by atoms with E-state index in [-0.39, 0.29) is 10.7 Å². The fraction of sp³-hybridized carbons (Fsp3) is 0.0909. The van der Waals surface area contributed by atoms with Crippen molar-refractivity contribution >= 4 is 27.5 Å². The van der Waals surface area contributed by atoms with Crippen LogP contribution in [0.15, 0.2) is 83.8 Å². The number of aryl methyl sites for hydroxylation is 1. The zero-order chi connectivity index (χ0) is 21.7. The zero-order valence-corrected chi connectivity index (χ0v) is 17.1. The maximum atomic E-state index is 13.0. The van der Waals surface area contributed by atoms with E-state index >= 15 is 0 Å². The van der Waals surface area contributed by atoms with Gasteiger partial charge >= 0.3 is 0 Å².